The highest BCUT2D eigenvalue weighted by atomic mass is 35.5. The monoisotopic (exact) mass is 559 g/mol. The van der Waals surface area contributed by atoms with Crippen molar-refractivity contribution in [3.63, 3.8) is 0 Å². The lowest BCUT2D eigenvalue weighted by Gasteiger charge is -2.23. The molecule has 0 saturated carbocycles. The number of nitrogens with zero attached hydrogens (tertiary/aromatic N) is 2. The third-order valence-corrected chi connectivity index (χ3v) is 6.49. The van der Waals surface area contributed by atoms with Gasteiger partial charge in [0, 0.05) is 28.9 Å². The van der Waals surface area contributed by atoms with E-state index in [1.165, 1.54) is 29.8 Å². The lowest BCUT2D eigenvalue weighted by Crippen LogP contribution is -2.33. The van der Waals surface area contributed by atoms with Crippen molar-refractivity contribution in [1.82, 2.24) is 9.78 Å². The van der Waals surface area contributed by atoms with Gasteiger partial charge in [-0.15, -0.1) is 5.10 Å². The maximum Gasteiger partial charge on any atom is 0.335 e. The summed E-state index contributed by atoms with van der Waals surface area (Å²) in [6.45, 7) is 5.49. The van der Waals surface area contributed by atoms with E-state index in [1.807, 2.05) is 44.2 Å². The zero-order chi connectivity index (χ0) is 28.8. The van der Waals surface area contributed by atoms with Crippen molar-refractivity contribution in [3.8, 4) is 17.0 Å². The van der Waals surface area contributed by atoms with Crippen LogP contribution in [0.15, 0.2) is 83.7 Å². The Hall–Kier alpha value is -4.43. The zero-order valence-corrected chi connectivity index (χ0v) is 23.2. The van der Waals surface area contributed by atoms with Crippen LogP contribution in [0.5, 0.6) is 5.88 Å². The van der Waals surface area contributed by atoms with Crippen molar-refractivity contribution in [2.45, 2.75) is 39.3 Å². The van der Waals surface area contributed by atoms with Gasteiger partial charge in [-0.1, -0.05) is 41.9 Å². The lowest BCUT2D eigenvalue weighted by atomic mass is 9.98. The number of rotatable bonds is 11. The summed E-state index contributed by atoms with van der Waals surface area (Å²) in [6, 6.07) is 22.0. The number of hydrogen-bond acceptors (Lipinski definition) is 6. The molecular formula is C31H30ClN3O5. The predicted molar refractivity (Wildman–Crippen MR) is 156 cm³/mol. The second-order valence-corrected chi connectivity index (χ2v) is 10.1. The number of ketones is 1. The number of carboxylic acids is 1. The van der Waals surface area contributed by atoms with E-state index in [4.69, 9.17) is 16.3 Å². The highest BCUT2D eigenvalue weighted by Gasteiger charge is 2.22. The van der Waals surface area contributed by atoms with Crippen LogP contribution < -0.4 is 15.6 Å². The average molecular weight is 560 g/mol. The molecule has 3 aromatic carbocycles. The number of halogens is 1. The van der Waals surface area contributed by atoms with E-state index < -0.39 is 12.0 Å². The van der Waals surface area contributed by atoms with Crippen molar-refractivity contribution in [1.29, 1.82) is 0 Å². The van der Waals surface area contributed by atoms with Gasteiger partial charge in [-0.25, -0.2) is 9.48 Å². The van der Waals surface area contributed by atoms with Crippen LogP contribution in [0.3, 0.4) is 0 Å². The van der Waals surface area contributed by atoms with Crippen molar-refractivity contribution < 1.29 is 19.4 Å². The van der Waals surface area contributed by atoms with Gasteiger partial charge in [0.25, 0.3) is 5.56 Å². The van der Waals surface area contributed by atoms with Gasteiger partial charge >= 0.3 is 5.97 Å². The third-order valence-electron chi connectivity index (χ3n) is 6.25. The van der Waals surface area contributed by atoms with Crippen LogP contribution >= 0.6 is 11.6 Å². The first-order valence-corrected chi connectivity index (χ1v) is 13.2. The molecule has 4 aromatic rings. The smallest absolute Gasteiger partial charge is 0.335 e. The molecule has 0 aliphatic rings. The maximum absolute atomic E-state index is 13.6. The molecule has 1 aromatic heterocycles. The summed E-state index contributed by atoms with van der Waals surface area (Å²) in [5.74, 6) is -0.968. The topological polar surface area (TPSA) is 111 Å². The minimum Gasteiger partial charge on any atom is -0.478 e. The number of aromatic carboxylic acids is 1. The second kappa shape index (κ2) is 12.6. The molecule has 0 radical (unpaired) electrons. The summed E-state index contributed by atoms with van der Waals surface area (Å²) in [5.41, 5.74) is 2.79. The number of anilines is 1. The molecule has 0 unspecified atom stereocenters. The van der Waals surface area contributed by atoms with Crippen molar-refractivity contribution in [2.75, 3.05) is 11.9 Å². The molecule has 0 fully saturated rings. The Morgan fingerprint density at radius 1 is 1.00 bits per heavy atom. The van der Waals surface area contributed by atoms with Crippen LogP contribution in [-0.4, -0.2) is 39.3 Å². The summed E-state index contributed by atoms with van der Waals surface area (Å²) >= 11 is 6.27. The normalized spacial score (nSPS) is 11.7. The molecule has 9 heteroatoms. The Morgan fingerprint density at radius 2 is 1.70 bits per heavy atom. The molecule has 0 amide bonds. The quantitative estimate of drug-likeness (QED) is 0.212. The molecule has 0 saturated heterocycles. The Bertz CT molecular complexity index is 1570. The number of hydrogen-bond donors (Lipinski definition) is 2. The van der Waals surface area contributed by atoms with Gasteiger partial charge in [0.05, 0.1) is 23.3 Å². The number of Topliss-reactive ketones (excluding diaryl/α,β-unsaturated/α-hetero) is 1. The molecule has 0 aliphatic carbocycles. The van der Waals surface area contributed by atoms with E-state index in [0.29, 0.717) is 40.4 Å². The standard InChI is InChI=1S/C31H30ClN3O5/c1-19(2)40-30-28(27-16-23(32)11-14-26(27)20(3)36)17-29(37)35(34-30)25(15-21-7-5-4-6-8-21)18-33-24-12-9-22(10-13-24)31(38)39/h4-14,16-17,19,25,33H,15,18H2,1-3H3,(H,38,39)/t25-/m0/s1. The number of carbonyl (C=O) groups excluding carboxylic acids is 1. The molecule has 206 valence electrons. The number of carbonyl (C=O) groups is 2. The van der Waals surface area contributed by atoms with Crippen LogP contribution in [0.25, 0.3) is 11.1 Å². The van der Waals surface area contributed by atoms with E-state index in [9.17, 15) is 19.5 Å². The summed E-state index contributed by atoms with van der Waals surface area (Å²) in [4.78, 5) is 37.2. The Labute approximate surface area is 237 Å². The highest BCUT2D eigenvalue weighted by molar-refractivity contribution is 6.31. The van der Waals surface area contributed by atoms with Crippen LogP contribution in [-0.2, 0) is 6.42 Å². The fourth-order valence-corrected chi connectivity index (χ4v) is 4.53. The molecule has 2 N–H and O–H groups in total. The van der Waals surface area contributed by atoms with Crippen molar-refractivity contribution >= 4 is 29.0 Å². The highest BCUT2D eigenvalue weighted by Crippen LogP contribution is 2.33. The molecule has 0 aliphatic heterocycles. The third kappa shape index (κ3) is 6.95. The van der Waals surface area contributed by atoms with Crippen LogP contribution in [0.4, 0.5) is 5.69 Å². The summed E-state index contributed by atoms with van der Waals surface area (Å²) in [5, 5.41) is 17.6. The fourth-order valence-electron chi connectivity index (χ4n) is 4.36. The van der Waals surface area contributed by atoms with E-state index in [0.717, 1.165) is 5.56 Å². The van der Waals surface area contributed by atoms with E-state index >= 15 is 0 Å². The maximum atomic E-state index is 13.6. The SMILES string of the molecule is CC(=O)c1ccc(Cl)cc1-c1cc(=O)n([C@H](CNc2ccc(C(=O)O)cc2)Cc2ccccc2)nc1OC(C)C. The van der Waals surface area contributed by atoms with Crippen LogP contribution in [0, 0.1) is 0 Å². The molecule has 1 heterocycles. The Kier molecular flexibility index (Phi) is 9.01. The molecule has 0 spiro atoms. The molecule has 0 bridgehead atoms. The summed E-state index contributed by atoms with van der Waals surface area (Å²) in [7, 11) is 0. The van der Waals surface area contributed by atoms with Gasteiger partial charge in [0.15, 0.2) is 5.78 Å². The number of ether oxygens (including phenoxy) is 1. The van der Waals surface area contributed by atoms with Gasteiger partial charge in [-0.3, -0.25) is 9.59 Å². The van der Waals surface area contributed by atoms with Crippen molar-refractivity contribution in [2.24, 2.45) is 0 Å². The predicted octanol–water partition coefficient (Wildman–Crippen LogP) is 6.15. The second-order valence-electron chi connectivity index (χ2n) is 9.67. The lowest BCUT2D eigenvalue weighted by molar-refractivity contribution is 0.0696. The first kappa shape index (κ1) is 28.6. The van der Waals surface area contributed by atoms with Gasteiger partial charge in [-0.2, -0.15) is 0 Å². The number of benzene rings is 3. The Morgan fingerprint density at radius 3 is 2.33 bits per heavy atom. The minimum absolute atomic E-state index is 0.175. The largest absolute Gasteiger partial charge is 0.478 e. The average Bonchev–Trinajstić information content (AvgIpc) is 2.92. The fraction of sp³-hybridized carbons (Fsp3) is 0.226. The van der Waals surface area contributed by atoms with E-state index in [2.05, 4.69) is 10.4 Å². The van der Waals surface area contributed by atoms with Crippen LogP contribution in [0.1, 0.15) is 53.1 Å². The number of nitrogens with one attached hydrogen (secondary N) is 1. The first-order chi connectivity index (χ1) is 19.1. The van der Waals surface area contributed by atoms with Crippen LogP contribution in [0.2, 0.25) is 5.02 Å². The first-order valence-electron chi connectivity index (χ1n) is 12.8. The summed E-state index contributed by atoms with van der Waals surface area (Å²) < 4.78 is 7.46. The Balaban J connectivity index is 1.78. The van der Waals surface area contributed by atoms with Gasteiger partial charge in [0.1, 0.15) is 0 Å². The number of aromatic nitrogens is 2. The van der Waals surface area contributed by atoms with Gasteiger partial charge in [-0.05, 0) is 80.8 Å². The van der Waals surface area contributed by atoms with E-state index in [1.54, 1.807) is 30.3 Å². The molecule has 4 rings (SSSR count). The van der Waals surface area contributed by atoms with E-state index in [-0.39, 0.29) is 28.9 Å². The van der Waals surface area contributed by atoms with Gasteiger partial charge in [0.2, 0.25) is 5.88 Å². The molecular weight excluding hydrogens is 530 g/mol. The van der Waals surface area contributed by atoms with Crippen molar-refractivity contribution in [3.05, 3.63) is 111 Å². The molecule has 1 atom stereocenters. The molecule has 8 nitrogen and oxygen atoms in total. The zero-order valence-electron chi connectivity index (χ0n) is 22.4. The number of carboxylic acid groups (broad SMARTS) is 1. The molecule has 40 heavy (non-hydrogen) atoms. The summed E-state index contributed by atoms with van der Waals surface area (Å²) in [6.07, 6.45) is 0.236. The van der Waals surface area contributed by atoms with Gasteiger partial charge < -0.3 is 15.2 Å². The minimum atomic E-state index is -1.00.